The number of rotatable bonds is 2. The Balaban J connectivity index is 2.31. The number of hydrogen-bond acceptors (Lipinski definition) is 5. The molecule has 0 aliphatic heterocycles. The van der Waals surface area contributed by atoms with Crippen LogP contribution in [0.5, 0.6) is 0 Å². The van der Waals surface area contributed by atoms with Gasteiger partial charge in [0.25, 0.3) is 0 Å². The van der Waals surface area contributed by atoms with Gasteiger partial charge < -0.3 is 11.1 Å². The number of anilines is 3. The second kappa shape index (κ2) is 4.68. The lowest BCUT2D eigenvalue weighted by Crippen LogP contribution is -2.00. The fraction of sp³-hybridized carbons (Fsp3) is 0. The first kappa shape index (κ1) is 11.2. The summed E-state index contributed by atoms with van der Waals surface area (Å²) in [7, 11) is 0. The molecule has 17 heavy (non-hydrogen) atoms. The molecular formula is C11H8ClN5. The Labute approximate surface area is 103 Å². The third-order valence-corrected chi connectivity index (χ3v) is 2.29. The van der Waals surface area contributed by atoms with Crippen LogP contribution in [0, 0.1) is 11.3 Å². The van der Waals surface area contributed by atoms with Crippen molar-refractivity contribution in [2.45, 2.75) is 0 Å². The van der Waals surface area contributed by atoms with Crippen LogP contribution in [-0.2, 0) is 0 Å². The largest absolute Gasteiger partial charge is 0.368 e. The summed E-state index contributed by atoms with van der Waals surface area (Å²) in [5, 5.41) is 12.1. The minimum atomic E-state index is 0.133. The van der Waals surface area contributed by atoms with E-state index < -0.39 is 0 Å². The molecule has 3 N–H and O–H groups in total. The van der Waals surface area contributed by atoms with Gasteiger partial charge in [0.05, 0.1) is 17.8 Å². The summed E-state index contributed by atoms with van der Waals surface area (Å²) in [4.78, 5) is 7.72. The smallest absolute Gasteiger partial charge is 0.222 e. The minimum Gasteiger partial charge on any atom is -0.368 e. The minimum absolute atomic E-state index is 0.133. The first-order valence-corrected chi connectivity index (χ1v) is 5.12. The molecule has 0 saturated heterocycles. The first-order chi connectivity index (χ1) is 8.19. The Morgan fingerprint density at radius 2 is 2.24 bits per heavy atom. The van der Waals surface area contributed by atoms with Crippen molar-refractivity contribution in [1.29, 1.82) is 5.26 Å². The van der Waals surface area contributed by atoms with Gasteiger partial charge in [-0.25, -0.2) is 4.98 Å². The number of nitrogens with one attached hydrogen (secondary N) is 1. The molecule has 84 valence electrons. The summed E-state index contributed by atoms with van der Waals surface area (Å²) in [5.41, 5.74) is 6.73. The molecule has 0 amide bonds. The average molecular weight is 246 g/mol. The third kappa shape index (κ3) is 2.62. The van der Waals surface area contributed by atoms with Crippen LogP contribution in [0.2, 0.25) is 5.02 Å². The van der Waals surface area contributed by atoms with E-state index in [1.54, 1.807) is 24.3 Å². The lowest BCUT2D eigenvalue weighted by Gasteiger charge is -2.07. The Morgan fingerprint density at radius 1 is 1.41 bits per heavy atom. The topological polar surface area (TPSA) is 87.6 Å². The van der Waals surface area contributed by atoms with Crippen LogP contribution in [0.25, 0.3) is 0 Å². The first-order valence-electron chi connectivity index (χ1n) is 4.74. The van der Waals surface area contributed by atoms with Gasteiger partial charge >= 0.3 is 0 Å². The molecule has 0 atom stereocenters. The van der Waals surface area contributed by atoms with Crippen LogP contribution in [-0.4, -0.2) is 9.97 Å². The van der Waals surface area contributed by atoms with Crippen LogP contribution < -0.4 is 11.1 Å². The predicted octanol–water partition coefficient (Wildman–Crippen LogP) is 2.33. The van der Waals surface area contributed by atoms with E-state index in [-0.39, 0.29) is 5.95 Å². The summed E-state index contributed by atoms with van der Waals surface area (Å²) >= 11 is 5.91. The number of halogens is 1. The van der Waals surface area contributed by atoms with Gasteiger partial charge in [-0.2, -0.15) is 10.2 Å². The maximum absolute atomic E-state index is 8.78. The van der Waals surface area contributed by atoms with Crippen molar-refractivity contribution in [1.82, 2.24) is 9.97 Å². The fourth-order valence-electron chi connectivity index (χ4n) is 1.27. The number of nitrogens with two attached hydrogens (primary N) is 1. The number of nitrogens with zero attached hydrogens (tertiary/aromatic N) is 3. The quantitative estimate of drug-likeness (QED) is 0.848. The number of nitrogen functional groups attached to an aromatic ring is 1. The van der Waals surface area contributed by atoms with Crippen LogP contribution in [0.15, 0.2) is 30.5 Å². The second-order valence-corrected chi connectivity index (χ2v) is 3.65. The van der Waals surface area contributed by atoms with Crippen molar-refractivity contribution in [2.75, 3.05) is 11.1 Å². The maximum Gasteiger partial charge on any atom is 0.222 e. The van der Waals surface area contributed by atoms with Crippen molar-refractivity contribution in [3.8, 4) is 6.07 Å². The highest BCUT2D eigenvalue weighted by atomic mass is 35.5. The normalized spacial score (nSPS) is 9.65. The molecule has 0 bridgehead atoms. The molecule has 0 unspecified atom stereocenters. The Bertz CT molecular complexity index is 591. The predicted molar refractivity (Wildman–Crippen MR) is 65.9 cm³/mol. The van der Waals surface area contributed by atoms with Crippen LogP contribution in [0.3, 0.4) is 0 Å². The summed E-state index contributed by atoms with van der Waals surface area (Å²) in [6, 6.07) is 9.01. The van der Waals surface area contributed by atoms with Gasteiger partial charge in [-0.05, 0) is 18.2 Å². The lowest BCUT2D eigenvalue weighted by atomic mass is 10.2. The number of hydrogen-bond donors (Lipinski definition) is 2. The van der Waals surface area contributed by atoms with Gasteiger partial charge in [-0.3, -0.25) is 0 Å². The van der Waals surface area contributed by atoms with Crippen molar-refractivity contribution in [3.05, 3.63) is 41.0 Å². The standard InChI is InChI=1S/C11H8ClN5/c12-9-6-15-11(14)17-10(9)16-8-3-1-2-7(4-8)5-13/h1-4,6H,(H3,14,15,16,17). The van der Waals surface area contributed by atoms with Crippen molar-refractivity contribution in [2.24, 2.45) is 0 Å². The molecule has 2 aromatic rings. The van der Waals surface area contributed by atoms with E-state index in [1.165, 1.54) is 6.20 Å². The van der Waals surface area contributed by atoms with E-state index in [1.807, 2.05) is 6.07 Å². The SMILES string of the molecule is N#Cc1cccc(Nc2nc(N)ncc2Cl)c1. The summed E-state index contributed by atoms with van der Waals surface area (Å²) in [6.45, 7) is 0. The van der Waals surface area contributed by atoms with E-state index in [0.29, 0.717) is 22.1 Å². The van der Waals surface area contributed by atoms with Crippen LogP contribution in [0.4, 0.5) is 17.5 Å². The van der Waals surface area contributed by atoms with E-state index in [9.17, 15) is 0 Å². The van der Waals surface area contributed by atoms with E-state index >= 15 is 0 Å². The Morgan fingerprint density at radius 3 is 3.00 bits per heavy atom. The number of nitriles is 1. The fourth-order valence-corrected chi connectivity index (χ4v) is 1.41. The molecule has 1 aromatic heterocycles. The zero-order valence-electron chi connectivity index (χ0n) is 8.68. The summed E-state index contributed by atoms with van der Waals surface area (Å²) in [5.74, 6) is 0.544. The van der Waals surface area contributed by atoms with Gasteiger partial charge in [0.2, 0.25) is 5.95 Å². The van der Waals surface area contributed by atoms with Crippen LogP contribution >= 0.6 is 11.6 Å². The van der Waals surface area contributed by atoms with Gasteiger partial charge in [0.1, 0.15) is 5.02 Å². The van der Waals surface area contributed by atoms with E-state index in [4.69, 9.17) is 22.6 Å². The highest BCUT2D eigenvalue weighted by Gasteiger charge is 2.04. The van der Waals surface area contributed by atoms with Crippen molar-refractivity contribution >= 4 is 29.1 Å². The van der Waals surface area contributed by atoms with Gasteiger partial charge in [-0.1, -0.05) is 17.7 Å². The van der Waals surface area contributed by atoms with Crippen molar-refractivity contribution < 1.29 is 0 Å². The average Bonchev–Trinajstić information content (AvgIpc) is 2.34. The number of aromatic nitrogens is 2. The monoisotopic (exact) mass is 245 g/mol. The van der Waals surface area contributed by atoms with Gasteiger partial charge in [-0.15, -0.1) is 0 Å². The number of benzene rings is 1. The molecule has 1 heterocycles. The summed E-state index contributed by atoms with van der Waals surface area (Å²) < 4.78 is 0. The van der Waals surface area contributed by atoms with Crippen molar-refractivity contribution in [3.63, 3.8) is 0 Å². The molecule has 0 aliphatic carbocycles. The molecule has 5 nitrogen and oxygen atoms in total. The molecule has 0 spiro atoms. The molecule has 0 aliphatic rings. The van der Waals surface area contributed by atoms with E-state index in [2.05, 4.69) is 15.3 Å². The summed E-state index contributed by atoms with van der Waals surface area (Å²) in [6.07, 6.45) is 1.42. The van der Waals surface area contributed by atoms with Gasteiger partial charge in [0.15, 0.2) is 5.82 Å². The zero-order valence-corrected chi connectivity index (χ0v) is 9.44. The molecule has 2 rings (SSSR count). The maximum atomic E-state index is 8.78. The highest BCUT2D eigenvalue weighted by molar-refractivity contribution is 6.32. The highest BCUT2D eigenvalue weighted by Crippen LogP contribution is 2.23. The Hall–Kier alpha value is -2.32. The molecular weight excluding hydrogens is 238 g/mol. The van der Waals surface area contributed by atoms with Gasteiger partial charge in [0, 0.05) is 5.69 Å². The molecule has 0 saturated carbocycles. The van der Waals surface area contributed by atoms with E-state index in [0.717, 1.165) is 0 Å². The third-order valence-electron chi connectivity index (χ3n) is 2.02. The lowest BCUT2D eigenvalue weighted by molar-refractivity contribution is 1.18. The molecule has 6 heteroatoms. The zero-order chi connectivity index (χ0) is 12.3. The molecule has 1 aromatic carbocycles. The second-order valence-electron chi connectivity index (χ2n) is 3.24. The Kier molecular flexibility index (Phi) is 3.08. The molecule has 0 fully saturated rings. The molecule has 0 radical (unpaired) electrons. The van der Waals surface area contributed by atoms with Crippen LogP contribution in [0.1, 0.15) is 5.56 Å².